The molecule has 8 heavy (non-hydrogen) atoms. The lowest BCUT2D eigenvalue weighted by atomic mass is 10.4. The van der Waals surface area contributed by atoms with Crippen LogP contribution in [0.5, 0.6) is 0 Å². The maximum Gasteiger partial charge on any atom is 0.208 e. The molecule has 3 heteroatoms. The van der Waals surface area contributed by atoms with Gasteiger partial charge in [0.1, 0.15) is 6.26 Å². The Morgan fingerprint density at radius 2 is 2.62 bits per heavy atom. The predicted molar refractivity (Wildman–Crippen MR) is 30.5 cm³/mol. The minimum absolute atomic E-state index is 0.213. The zero-order valence-electron chi connectivity index (χ0n) is 4.42. The lowest BCUT2D eigenvalue weighted by molar-refractivity contribution is 0.185. The van der Waals surface area contributed by atoms with E-state index in [1.807, 2.05) is 0 Å². The number of hydrogen-bond acceptors (Lipinski definition) is 3. The van der Waals surface area contributed by atoms with Crippen molar-refractivity contribution in [2.45, 2.75) is 6.23 Å². The Hall–Kier alpha value is -1.12. The van der Waals surface area contributed by atoms with Gasteiger partial charge in [-0.3, -0.25) is 0 Å². The average Bonchev–Trinajstić information content (AvgIpc) is 2.12. The third kappa shape index (κ3) is 0.753. The fraction of sp³-hybridized carbons (Fsp3) is 0.200. The molecule has 1 rings (SSSR count). The van der Waals surface area contributed by atoms with E-state index < -0.39 is 0 Å². The standard InChI is InChI=1S/C5H8N2O/c1-4(6)5-7-2-3-8-5/h2-3,5,7H,1,6H2. The summed E-state index contributed by atoms with van der Waals surface area (Å²) >= 11 is 0. The summed E-state index contributed by atoms with van der Waals surface area (Å²) < 4.78 is 4.90. The summed E-state index contributed by atoms with van der Waals surface area (Å²) in [6, 6.07) is 0. The number of hydrogen-bond donors (Lipinski definition) is 2. The van der Waals surface area contributed by atoms with Gasteiger partial charge in [0.2, 0.25) is 6.23 Å². The van der Waals surface area contributed by atoms with Gasteiger partial charge < -0.3 is 15.8 Å². The number of rotatable bonds is 1. The minimum atomic E-state index is -0.213. The summed E-state index contributed by atoms with van der Waals surface area (Å²) in [5.74, 6) is 0. The molecule has 0 aromatic rings. The molecule has 0 fully saturated rings. The third-order valence-electron chi connectivity index (χ3n) is 0.867. The molecule has 0 aromatic carbocycles. The first-order chi connectivity index (χ1) is 3.80. The summed E-state index contributed by atoms with van der Waals surface area (Å²) in [7, 11) is 0. The molecule has 0 bridgehead atoms. The molecule has 0 aliphatic carbocycles. The molecule has 0 spiro atoms. The van der Waals surface area contributed by atoms with E-state index in [0.29, 0.717) is 5.70 Å². The van der Waals surface area contributed by atoms with Crippen molar-refractivity contribution in [3.8, 4) is 0 Å². The van der Waals surface area contributed by atoms with Gasteiger partial charge in [0.25, 0.3) is 0 Å². The van der Waals surface area contributed by atoms with Crippen molar-refractivity contribution in [1.29, 1.82) is 0 Å². The molecule has 3 nitrogen and oxygen atoms in total. The van der Waals surface area contributed by atoms with Gasteiger partial charge in [-0.05, 0) is 0 Å². The van der Waals surface area contributed by atoms with Gasteiger partial charge >= 0.3 is 0 Å². The summed E-state index contributed by atoms with van der Waals surface area (Å²) in [6.07, 6.45) is 3.01. The normalized spacial score (nSPS) is 24.2. The second-order valence-electron chi connectivity index (χ2n) is 1.56. The molecule has 1 atom stereocenters. The lowest BCUT2D eigenvalue weighted by Gasteiger charge is -2.08. The van der Waals surface area contributed by atoms with E-state index in [4.69, 9.17) is 10.5 Å². The van der Waals surface area contributed by atoms with Crippen molar-refractivity contribution in [2.24, 2.45) is 5.73 Å². The van der Waals surface area contributed by atoms with Crippen LogP contribution in [0.15, 0.2) is 24.7 Å². The molecular weight excluding hydrogens is 104 g/mol. The highest BCUT2D eigenvalue weighted by Crippen LogP contribution is 2.00. The Bertz CT molecular complexity index is 122. The molecule has 0 saturated heterocycles. The van der Waals surface area contributed by atoms with Crippen LogP contribution in [0.2, 0.25) is 0 Å². The fourth-order valence-corrected chi connectivity index (χ4v) is 0.478. The molecule has 0 aromatic heterocycles. The molecule has 1 aliphatic rings. The van der Waals surface area contributed by atoms with Crippen molar-refractivity contribution in [3.63, 3.8) is 0 Å². The van der Waals surface area contributed by atoms with Gasteiger partial charge in [0.15, 0.2) is 0 Å². The first kappa shape index (κ1) is 5.03. The highest BCUT2D eigenvalue weighted by Gasteiger charge is 2.09. The summed E-state index contributed by atoms with van der Waals surface area (Å²) in [4.78, 5) is 0. The van der Waals surface area contributed by atoms with Crippen molar-refractivity contribution in [1.82, 2.24) is 5.32 Å². The number of nitrogens with two attached hydrogens (primary N) is 1. The van der Waals surface area contributed by atoms with Crippen LogP contribution in [0.4, 0.5) is 0 Å². The van der Waals surface area contributed by atoms with E-state index in [0.717, 1.165) is 0 Å². The summed E-state index contributed by atoms with van der Waals surface area (Å²) in [6.45, 7) is 3.49. The van der Waals surface area contributed by atoms with Gasteiger partial charge in [-0.25, -0.2) is 0 Å². The van der Waals surface area contributed by atoms with E-state index in [1.165, 1.54) is 0 Å². The minimum Gasteiger partial charge on any atom is -0.471 e. The van der Waals surface area contributed by atoms with Crippen LogP contribution in [0.1, 0.15) is 0 Å². The molecule has 0 amide bonds. The molecule has 1 unspecified atom stereocenters. The van der Waals surface area contributed by atoms with E-state index in [-0.39, 0.29) is 6.23 Å². The zero-order valence-corrected chi connectivity index (χ0v) is 4.42. The third-order valence-corrected chi connectivity index (χ3v) is 0.867. The Kier molecular flexibility index (Phi) is 1.12. The quantitative estimate of drug-likeness (QED) is 0.497. The highest BCUT2D eigenvalue weighted by atomic mass is 16.5. The largest absolute Gasteiger partial charge is 0.471 e. The Morgan fingerprint density at radius 3 is 2.88 bits per heavy atom. The highest BCUT2D eigenvalue weighted by molar-refractivity contribution is 5.01. The molecule has 0 radical (unpaired) electrons. The van der Waals surface area contributed by atoms with Crippen LogP contribution in [0.25, 0.3) is 0 Å². The van der Waals surface area contributed by atoms with Crippen molar-refractivity contribution >= 4 is 0 Å². The van der Waals surface area contributed by atoms with Gasteiger partial charge in [0.05, 0.1) is 5.70 Å². The topological polar surface area (TPSA) is 47.3 Å². The summed E-state index contributed by atoms with van der Waals surface area (Å²) in [5.41, 5.74) is 5.77. The second kappa shape index (κ2) is 1.78. The van der Waals surface area contributed by atoms with Crippen LogP contribution < -0.4 is 11.1 Å². The monoisotopic (exact) mass is 112 g/mol. The van der Waals surface area contributed by atoms with Crippen molar-refractivity contribution in [2.75, 3.05) is 0 Å². The van der Waals surface area contributed by atoms with Crippen LogP contribution in [0.3, 0.4) is 0 Å². The van der Waals surface area contributed by atoms with Gasteiger partial charge in [0, 0.05) is 6.20 Å². The van der Waals surface area contributed by atoms with E-state index >= 15 is 0 Å². The Morgan fingerprint density at radius 1 is 1.88 bits per heavy atom. The average molecular weight is 112 g/mol. The summed E-state index contributed by atoms with van der Waals surface area (Å²) in [5, 5.41) is 2.83. The zero-order chi connectivity index (χ0) is 5.98. The van der Waals surface area contributed by atoms with Gasteiger partial charge in [-0.2, -0.15) is 0 Å². The van der Waals surface area contributed by atoms with Crippen LogP contribution in [-0.4, -0.2) is 6.23 Å². The molecule has 3 N–H and O–H groups in total. The number of nitrogens with one attached hydrogen (secondary N) is 1. The van der Waals surface area contributed by atoms with Crippen molar-refractivity contribution < 1.29 is 4.74 Å². The van der Waals surface area contributed by atoms with Crippen LogP contribution in [0, 0.1) is 0 Å². The maximum atomic E-state index is 5.28. The van der Waals surface area contributed by atoms with Gasteiger partial charge in [-0.15, -0.1) is 0 Å². The first-order valence-electron chi connectivity index (χ1n) is 2.31. The van der Waals surface area contributed by atoms with Crippen LogP contribution >= 0.6 is 0 Å². The SMILES string of the molecule is C=C(N)C1NC=CO1. The van der Waals surface area contributed by atoms with Crippen LogP contribution in [-0.2, 0) is 4.74 Å². The Labute approximate surface area is 47.8 Å². The molecule has 44 valence electrons. The van der Waals surface area contributed by atoms with Gasteiger partial charge in [-0.1, -0.05) is 6.58 Å². The lowest BCUT2D eigenvalue weighted by Crippen LogP contribution is -2.27. The molecule has 1 heterocycles. The molecule has 1 aliphatic heterocycles. The fourth-order valence-electron chi connectivity index (χ4n) is 0.478. The predicted octanol–water partition coefficient (Wildman–Crippen LogP) is -0.124. The maximum absolute atomic E-state index is 5.28. The first-order valence-corrected chi connectivity index (χ1v) is 2.31. The smallest absolute Gasteiger partial charge is 0.208 e. The van der Waals surface area contributed by atoms with E-state index in [1.54, 1.807) is 12.5 Å². The van der Waals surface area contributed by atoms with E-state index in [2.05, 4.69) is 11.9 Å². The molecular formula is C5H8N2O. The Balaban J connectivity index is 2.41. The molecule has 0 saturated carbocycles. The van der Waals surface area contributed by atoms with E-state index in [9.17, 15) is 0 Å². The van der Waals surface area contributed by atoms with Crippen molar-refractivity contribution in [3.05, 3.63) is 24.7 Å². The second-order valence-corrected chi connectivity index (χ2v) is 1.56. The number of ether oxygens (including phenoxy) is 1.